The fourth-order valence-electron chi connectivity index (χ4n) is 3.32. The van der Waals surface area contributed by atoms with Gasteiger partial charge < -0.3 is 0 Å². The Morgan fingerprint density at radius 3 is 2.42 bits per heavy atom. The van der Waals surface area contributed by atoms with Crippen molar-refractivity contribution in [3.8, 4) is 17.2 Å². The van der Waals surface area contributed by atoms with E-state index in [1.54, 1.807) is 0 Å². The van der Waals surface area contributed by atoms with E-state index in [0.29, 0.717) is 13.0 Å². The third-order valence-electron chi connectivity index (χ3n) is 5.12. The summed E-state index contributed by atoms with van der Waals surface area (Å²) in [5.41, 5.74) is 3.12. The first-order chi connectivity index (χ1) is 11.6. The molecule has 0 spiro atoms. The molecule has 3 heteroatoms. The molecule has 1 aliphatic heterocycles. The van der Waals surface area contributed by atoms with E-state index >= 15 is 0 Å². The fraction of sp³-hybridized carbons (Fsp3) is 0.381. The minimum Gasteiger partial charge on any atom is -0.296 e. The first kappa shape index (κ1) is 16.7. The van der Waals surface area contributed by atoms with Crippen molar-refractivity contribution < 1.29 is 4.39 Å². The molecule has 2 nitrogen and oxygen atoms in total. The highest BCUT2D eigenvalue weighted by Gasteiger charge is 2.39. The summed E-state index contributed by atoms with van der Waals surface area (Å²) >= 11 is 0. The topological polar surface area (TPSA) is 27.0 Å². The van der Waals surface area contributed by atoms with Gasteiger partial charge in [-0.2, -0.15) is 5.26 Å². The predicted octanol–water partition coefficient (Wildman–Crippen LogP) is 4.82. The van der Waals surface area contributed by atoms with Gasteiger partial charge in [-0.1, -0.05) is 61.5 Å². The van der Waals surface area contributed by atoms with Gasteiger partial charge in [0.25, 0.3) is 0 Å². The third-order valence-corrected chi connectivity index (χ3v) is 5.12. The number of likely N-dealkylation sites (tertiary alicyclic amines) is 1. The Kier molecular flexibility index (Phi) is 4.97. The van der Waals surface area contributed by atoms with Crippen molar-refractivity contribution in [2.45, 2.75) is 32.5 Å². The number of piperidine rings is 1. The van der Waals surface area contributed by atoms with Gasteiger partial charge in [0.05, 0.1) is 6.07 Å². The molecule has 124 valence electrons. The van der Waals surface area contributed by atoms with Crippen molar-refractivity contribution >= 4 is 0 Å². The van der Waals surface area contributed by atoms with Gasteiger partial charge in [0.15, 0.2) is 0 Å². The van der Waals surface area contributed by atoms with E-state index in [1.165, 1.54) is 16.7 Å². The summed E-state index contributed by atoms with van der Waals surface area (Å²) in [5.74, 6) is 0. The van der Waals surface area contributed by atoms with Crippen LogP contribution in [0.3, 0.4) is 0 Å². The molecule has 2 aromatic carbocycles. The Morgan fingerprint density at radius 1 is 1.12 bits per heavy atom. The summed E-state index contributed by atoms with van der Waals surface area (Å²) in [6.45, 7) is 3.92. The lowest BCUT2D eigenvalue weighted by Crippen LogP contribution is -2.47. The quantitative estimate of drug-likeness (QED) is 0.807. The average molecular weight is 322 g/mol. The molecule has 0 aromatic heterocycles. The molecule has 0 N–H and O–H groups in total. The second kappa shape index (κ2) is 7.15. The normalized spacial score (nSPS) is 24.5. The van der Waals surface area contributed by atoms with Gasteiger partial charge in [-0.15, -0.1) is 0 Å². The van der Waals surface area contributed by atoms with Crippen LogP contribution in [0.4, 0.5) is 4.39 Å². The second-order valence-corrected chi connectivity index (χ2v) is 7.00. The van der Waals surface area contributed by atoms with Gasteiger partial charge >= 0.3 is 0 Å². The van der Waals surface area contributed by atoms with E-state index in [2.05, 4.69) is 47.4 Å². The highest BCUT2D eigenvalue weighted by atomic mass is 19.1. The molecule has 0 bridgehead atoms. The molecule has 3 rings (SSSR count). The Bertz CT molecular complexity index is 705. The maximum absolute atomic E-state index is 14.5. The van der Waals surface area contributed by atoms with Crippen LogP contribution in [-0.4, -0.2) is 24.2 Å². The summed E-state index contributed by atoms with van der Waals surface area (Å²) in [7, 11) is 0. The van der Waals surface area contributed by atoms with Gasteiger partial charge in [0, 0.05) is 24.9 Å². The van der Waals surface area contributed by atoms with Crippen LogP contribution in [0, 0.1) is 16.7 Å². The molecule has 1 fully saturated rings. The second-order valence-electron chi connectivity index (χ2n) is 7.00. The minimum absolute atomic E-state index is 0.299. The lowest BCUT2D eigenvalue weighted by molar-refractivity contribution is 0.0186. The zero-order valence-corrected chi connectivity index (χ0v) is 14.1. The van der Waals surface area contributed by atoms with Crippen LogP contribution < -0.4 is 0 Å². The highest BCUT2D eigenvalue weighted by Crippen LogP contribution is 2.36. The van der Waals surface area contributed by atoms with E-state index in [9.17, 15) is 4.39 Å². The highest BCUT2D eigenvalue weighted by molar-refractivity contribution is 5.63. The largest absolute Gasteiger partial charge is 0.296 e. The first-order valence-corrected chi connectivity index (χ1v) is 8.48. The number of halogens is 1. The van der Waals surface area contributed by atoms with Crippen LogP contribution in [0.25, 0.3) is 11.1 Å². The van der Waals surface area contributed by atoms with E-state index in [1.807, 2.05) is 25.1 Å². The molecule has 0 unspecified atom stereocenters. The average Bonchev–Trinajstić information content (AvgIpc) is 2.60. The molecular weight excluding hydrogens is 299 g/mol. The van der Waals surface area contributed by atoms with Gasteiger partial charge in [-0.25, -0.2) is 4.39 Å². The Labute approximate surface area is 143 Å². The standard InChI is InChI=1S/C21H23FN2/c1-21(11-13-23)12-14-24(16-20(21)22)15-17-7-9-19(10-8-17)18-5-3-2-4-6-18/h2-10,20H,11-12,14-16H2,1H3/t20-,21+/m0/s1. The summed E-state index contributed by atoms with van der Waals surface area (Å²) in [4.78, 5) is 2.15. The van der Waals surface area contributed by atoms with Gasteiger partial charge in [0.1, 0.15) is 6.17 Å². The SMILES string of the molecule is C[C@@]1(CC#N)CCN(Cc2ccc(-c3ccccc3)cc2)C[C@@H]1F. The van der Waals surface area contributed by atoms with Crippen LogP contribution in [0.1, 0.15) is 25.3 Å². The number of hydrogen-bond acceptors (Lipinski definition) is 2. The number of rotatable bonds is 4. The smallest absolute Gasteiger partial charge is 0.119 e. The maximum Gasteiger partial charge on any atom is 0.119 e. The molecule has 24 heavy (non-hydrogen) atoms. The molecule has 1 saturated heterocycles. The molecule has 0 saturated carbocycles. The number of alkyl halides is 1. The van der Waals surface area contributed by atoms with E-state index in [-0.39, 0.29) is 0 Å². The molecule has 0 amide bonds. The molecule has 2 atom stereocenters. The van der Waals surface area contributed by atoms with Gasteiger partial charge in [-0.05, 0) is 29.7 Å². The Morgan fingerprint density at radius 2 is 1.79 bits per heavy atom. The summed E-state index contributed by atoms with van der Waals surface area (Å²) in [6, 6.07) is 20.9. The molecule has 0 aliphatic carbocycles. The van der Waals surface area contributed by atoms with Crippen molar-refractivity contribution in [3.05, 3.63) is 60.2 Å². The predicted molar refractivity (Wildman–Crippen MR) is 95.0 cm³/mol. The van der Waals surface area contributed by atoms with E-state index in [0.717, 1.165) is 19.5 Å². The zero-order valence-electron chi connectivity index (χ0n) is 14.1. The monoisotopic (exact) mass is 322 g/mol. The van der Waals surface area contributed by atoms with E-state index in [4.69, 9.17) is 5.26 Å². The summed E-state index contributed by atoms with van der Waals surface area (Å²) in [6.07, 6.45) is 0.104. The lowest BCUT2D eigenvalue weighted by atomic mass is 9.76. The molecule has 1 aliphatic rings. The number of hydrogen-bond donors (Lipinski definition) is 0. The van der Waals surface area contributed by atoms with Crippen molar-refractivity contribution in [1.29, 1.82) is 5.26 Å². The molecule has 0 radical (unpaired) electrons. The van der Waals surface area contributed by atoms with Crippen molar-refractivity contribution in [1.82, 2.24) is 4.90 Å². The Hall–Kier alpha value is -2.18. The number of nitrogens with zero attached hydrogens (tertiary/aromatic N) is 2. The summed E-state index contributed by atoms with van der Waals surface area (Å²) < 4.78 is 14.5. The number of nitriles is 1. The van der Waals surface area contributed by atoms with Crippen molar-refractivity contribution in [3.63, 3.8) is 0 Å². The van der Waals surface area contributed by atoms with Gasteiger partial charge in [-0.3, -0.25) is 4.90 Å². The number of benzene rings is 2. The van der Waals surface area contributed by atoms with Crippen LogP contribution >= 0.6 is 0 Å². The summed E-state index contributed by atoms with van der Waals surface area (Å²) in [5, 5.41) is 8.89. The van der Waals surface area contributed by atoms with E-state index < -0.39 is 11.6 Å². The first-order valence-electron chi connectivity index (χ1n) is 8.48. The molecular formula is C21H23FN2. The lowest BCUT2D eigenvalue weighted by Gasteiger charge is -2.41. The third kappa shape index (κ3) is 3.66. The van der Waals surface area contributed by atoms with Crippen molar-refractivity contribution in [2.75, 3.05) is 13.1 Å². The van der Waals surface area contributed by atoms with Crippen LogP contribution in [0.2, 0.25) is 0 Å². The van der Waals surface area contributed by atoms with Gasteiger partial charge in [0.2, 0.25) is 0 Å². The maximum atomic E-state index is 14.5. The minimum atomic E-state index is -0.936. The van der Waals surface area contributed by atoms with Crippen molar-refractivity contribution in [2.24, 2.45) is 5.41 Å². The van der Waals surface area contributed by atoms with Crippen LogP contribution in [0.5, 0.6) is 0 Å². The zero-order chi connectivity index (χ0) is 17.0. The Balaban J connectivity index is 1.62. The molecule has 1 heterocycles. The van der Waals surface area contributed by atoms with Crippen LogP contribution in [-0.2, 0) is 6.54 Å². The fourth-order valence-corrected chi connectivity index (χ4v) is 3.32. The molecule has 2 aromatic rings. The van der Waals surface area contributed by atoms with Crippen LogP contribution in [0.15, 0.2) is 54.6 Å².